The quantitative estimate of drug-likeness (QED) is 0.668. The second-order valence-corrected chi connectivity index (χ2v) is 8.74. The highest BCUT2D eigenvalue weighted by Gasteiger charge is 2.34. The van der Waals surface area contributed by atoms with Crippen molar-refractivity contribution in [1.29, 1.82) is 0 Å². The van der Waals surface area contributed by atoms with Crippen molar-refractivity contribution >= 4 is 17.5 Å². The van der Waals surface area contributed by atoms with Crippen molar-refractivity contribution in [3.05, 3.63) is 65.0 Å². The number of amides is 2. The van der Waals surface area contributed by atoms with Gasteiger partial charge in [0.2, 0.25) is 11.8 Å². The van der Waals surface area contributed by atoms with Gasteiger partial charge in [-0.15, -0.1) is 5.10 Å². The molecule has 166 valence electrons. The van der Waals surface area contributed by atoms with E-state index in [1.54, 1.807) is 9.58 Å². The highest BCUT2D eigenvalue weighted by molar-refractivity contribution is 5.98. The van der Waals surface area contributed by atoms with Gasteiger partial charge in [-0.25, -0.2) is 0 Å². The standard InChI is InChI=1S/C24H28N6O2/c1-15(2)11-23(31)29-14-19-8-6-5-7-18(19)12-22(29)24(32)25-20-10-9-16(3)21(13-20)30-17(4)26-27-28-30/h5-10,13,15,22H,11-12,14H2,1-4H3,(H,25,32). The molecule has 0 bridgehead atoms. The van der Waals surface area contributed by atoms with E-state index in [-0.39, 0.29) is 17.7 Å². The molecule has 1 aliphatic rings. The van der Waals surface area contributed by atoms with Crippen LogP contribution in [-0.4, -0.2) is 43.0 Å². The van der Waals surface area contributed by atoms with Gasteiger partial charge in [0, 0.05) is 25.1 Å². The Hall–Kier alpha value is -3.55. The maximum Gasteiger partial charge on any atom is 0.247 e. The highest BCUT2D eigenvalue weighted by Crippen LogP contribution is 2.26. The topological polar surface area (TPSA) is 93.0 Å². The molecule has 2 amide bonds. The summed E-state index contributed by atoms with van der Waals surface area (Å²) in [5.41, 5.74) is 4.63. The average Bonchev–Trinajstić information content (AvgIpc) is 3.19. The first-order valence-corrected chi connectivity index (χ1v) is 10.9. The summed E-state index contributed by atoms with van der Waals surface area (Å²) >= 11 is 0. The Morgan fingerprint density at radius 3 is 2.56 bits per heavy atom. The molecule has 32 heavy (non-hydrogen) atoms. The number of aryl methyl sites for hydroxylation is 2. The largest absolute Gasteiger partial charge is 0.326 e. The van der Waals surface area contributed by atoms with Crippen molar-refractivity contribution in [3.63, 3.8) is 0 Å². The molecule has 0 fully saturated rings. The van der Waals surface area contributed by atoms with E-state index in [9.17, 15) is 9.59 Å². The molecular formula is C24H28N6O2. The number of aromatic nitrogens is 4. The summed E-state index contributed by atoms with van der Waals surface area (Å²) in [6.45, 7) is 8.26. The molecule has 1 aromatic heterocycles. The van der Waals surface area contributed by atoms with Crippen molar-refractivity contribution in [2.75, 3.05) is 5.32 Å². The van der Waals surface area contributed by atoms with E-state index in [1.165, 1.54) is 0 Å². The van der Waals surface area contributed by atoms with Crippen molar-refractivity contribution in [1.82, 2.24) is 25.1 Å². The lowest BCUT2D eigenvalue weighted by Gasteiger charge is -2.36. The van der Waals surface area contributed by atoms with Gasteiger partial charge in [0.05, 0.1) is 5.69 Å². The molecule has 1 aliphatic heterocycles. The summed E-state index contributed by atoms with van der Waals surface area (Å²) in [7, 11) is 0. The van der Waals surface area contributed by atoms with Crippen molar-refractivity contribution in [2.45, 2.75) is 53.1 Å². The summed E-state index contributed by atoms with van der Waals surface area (Å²) in [6.07, 6.45) is 0.913. The normalized spacial score (nSPS) is 15.5. The van der Waals surface area contributed by atoms with Crippen LogP contribution in [0.4, 0.5) is 5.69 Å². The van der Waals surface area contributed by atoms with Gasteiger partial charge in [-0.3, -0.25) is 9.59 Å². The van der Waals surface area contributed by atoms with E-state index in [4.69, 9.17) is 0 Å². The number of anilines is 1. The van der Waals surface area contributed by atoms with Crippen LogP contribution in [0.1, 0.15) is 42.8 Å². The molecule has 8 heteroatoms. The van der Waals surface area contributed by atoms with Crippen LogP contribution >= 0.6 is 0 Å². The van der Waals surface area contributed by atoms with Crippen LogP contribution in [0.2, 0.25) is 0 Å². The first kappa shape index (κ1) is 21.7. The molecule has 4 rings (SSSR count). The second kappa shape index (κ2) is 8.90. The van der Waals surface area contributed by atoms with E-state index >= 15 is 0 Å². The second-order valence-electron chi connectivity index (χ2n) is 8.74. The molecule has 1 unspecified atom stereocenters. The minimum absolute atomic E-state index is 0.00330. The number of benzene rings is 2. The summed E-state index contributed by atoms with van der Waals surface area (Å²) in [6, 6.07) is 13.1. The van der Waals surface area contributed by atoms with Gasteiger partial charge in [0.25, 0.3) is 0 Å². The Morgan fingerprint density at radius 1 is 1.12 bits per heavy atom. The van der Waals surface area contributed by atoms with E-state index in [0.717, 1.165) is 22.4 Å². The predicted octanol–water partition coefficient (Wildman–Crippen LogP) is 3.22. The van der Waals surface area contributed by atoms with Crippen LogP contribution in [0.25, 0.3) is 5.69 Å². The number of hydrogen-bond donors (Lipinski definition) is 1. The number of nitrogens with zero attached hydrogens (tertiary/aromatic N) is 5. The Morgan fingerprint density at radius 2 is 1.88 bits per heavy atom. The van der Waals surface area contributed by atoms with Crippen molar-refractivity contribution in [3.8, 4) is 5.69 Å². The lowest BCUT2D eigenvalue weighted by molar-refractivity contribution is -0.140. The van der Waals surface area contributed by atoms with E-state index in [1.807, 2.05) is 70.2 Å². The van der Waals surface area contributed by atoms with Gasteiger partial charge >= 0.3 is 0 Å². The van der Waals surface area contributed by atoms with Crippen LogP contribution in [0.5, 0.6) is 0 Å². The molecule has 0 radical (unpaired) electrons. The molecule has 0 spiro atoms. The Labute approximate surface area is 187 Å². The average molecular weight is 433 g/mol. The third-order valence-electron chi connectivity index (χ3n) is 5.78. The lowest BCUT2D eigenvalue weighted by atomic mass is 9.92. The van der Waals surface area contributed by atoms with Gasteiger partial charge in [0.15, 0.2) is 5.82 Å². The number of carbonyl (C=O) groups is 2. The van der Waals surface area contributed by atoms with E-state index in [2.05, 4.69) is 20.8 Å². The van der Waals surface area contributed by atoms with Gasteiger partial charge in [0.1, 0.15) is 6.04 Å². The summed E-state index contributed by atoms with van der Waals surface area (Å²) < 4.78 is 1.64. The first-order valence-electron chi connectivity index (χ1n) is 10.9. The van der Waals surface area contributed by atoms with Gasteiger partial charge < -0.3 is 10.2 Å². The molecule has 0 saturated heterocycles. The van der Waals surface area contributed by atoms with E-state index < -0.39 is 6.04 Å². The smallest absolute Gasteiger partial charge is 0.247 e. The van der Waals surface area contributed by atoms with Gasteiger partial charge in [-0.05, 0) is 59.0 Å². The summed E-state index contributed by atoms with van der Waals surface area (Å²) in [5.74, 6) is 0.692. The minimum atomic E-state index is -0.560. The van der Waals surface area contributed by atoms with Gasteiger partial charge in [-0.2, -0.15) is 4.68 Å². The molecule has 1 atom stereocenters. The summed E-state index contributed by atoms with van der Waals surface area (Å²) in [4.78, 5) is 28.1. The molecule has 2 heterocycles. The highest BCUT2D eigenvalue weighted by atomic mass is 16.2. The Balaban J connectivity index is 1.61. The van der Waals surface area contributed by atoms with Crippen molar-refractivity contribution < 1.29 is 9.59 Å². The first-order chi connectivity index (χ1) is 15.3. The molecule has 0 saturated carbocycles. The number of rotatable bonds is 5. The molecule has 8 nitrogen and oxygen atoms in total. The minimum Gasteiger partial charge on any atom is -0.326 e. The molecule has 2 aromatic carbocycles. The number of hydrogen-bond acceptors (Lipinski definition) is 5. The van der Waals surface area contributed by atoms with Crippen LogP contribution < -0.4 is 5.32 Å². The van der Waals surface area contributed by atoms with Crippen LogP contribution in [0.3, 0.4) is 0 Å². The van der Waals surface area contributed by atoms with E-state index in [0.29, 0.717) is 30.9 Å². The van der Waals surface area contributed by atoms with Crippen molar-refractivity contribution in [2.24, 2.45) is 5.92 Å². The fourth-order valence-corrected chi connectivity index (χ4v) is 4.08. The van der Waals surface area contributed by atoms with Gasteiger partial charge in [-0.1, -0.05) is 44.2 Å². The maximum atomic E-state index is 13.4. The SMILES string of the molecule is Cc1ccc(NC(=O)C2Cc3ccccc3CN2C(=O)CC(C)C)cc1-n1nnnc1C. The third-order valence-corrected chi connectivity index (χ3v) is 5.78. The maximum absolute atomic E-state index is 13.4. The molecule has 3 aromatic rings. The zero-order valence-electron chi connectivity index (χ0n) is 18.9. The number of carbonyl (C=O) groups excluding carboxylic acids is 2. The molecular weight excluding hydrogens is 404 g/mol. The fourth-order valence-electron chi connectivity index (χ4n) is 4.08. The zero-order chi connectivity index (χ0) is 22.8. The van der Waals surface area contributed by atoms with Crippen LogP contribution in [0.15, 0.2) is 42.5 Å². The monoisotopic (exact) mass is 432 g/mol. The van der Waals surface area contributed by atoms with Crippen LogP contribution in [-0.2, 0) is 22.6 Å². The Kier molecular flexibility index (Phi) is 6.03. The zero-order valence-corrected chi connectivity index (χ0v) is 18.9. The third kappa shape index (κ3) is 4.39. The summed E-state index contributed by atoms with van der Waals surface area (Å²) in [5, 5.41) is 14.7. The Bertz CT molecular complexity index is 1150. The predicted molar refractivity (Wildman–Crippen MR) is 121 cm³/mol. The fraction of sp³-hybridized carbons (Fsp3) is 0.375. The number of nitrogens with one attached hydrogen (secondary N) is 1. The number of tetrazole rings is 1. The van der Waals surface area contributed by atoms with Crippen LogP contribution in [0, 0.1) is 19.8 Å². The lowest BCUT2D eigenvalue weighted by Crippen LogP contribution is -2.50. The number of fused-ring (bicyclic) bond motifs is 1. The molecule has 0 aliphatic carbocycles. The molecule has 1 N–H and O–H groups in total.